The zero-order valence-electron chi connectivity index (χ0n) is 45.9. The van der Waals surface area contributed by atoms with Crippen molar-refractivity contribution < 1.29 is 62.9 Å². The van der Waals surface area contributed by atoms with Crippen molar-refractivity contribution in [2.24, 2.45) is 4.99 Å². The molecular formula is C56H88N6O13Si. The number of benzene rings is 2. The highest BCUT2D eigenvalue weighted by molar-refractivity contribution is 6.76. The predicted octanol–water partition coefficient (Wildman–Crippen LogP) is 8.86. The number of hydrogen-bond acceptors (Lipinski definition) is 14. The predicted molar refractivity (Wildman–Crippen MR) is 291 cm³/mol. The Morgan fingerprint density at radius 3 is 2.18 bits per heavy atom. The monoisotopic (exact) mass is 1080 g/mol. The Labute approximate surface area is 451 Å². The van der Waals surface area contributed by atoms with Crippen LogP contribution < -0.4 is 16.0 Å². The molecule has 0 aliphatic carbocycles. The maximum atomic E-state index is 14.3. The standard InChI is InChI=1S/C56H88N6O13Si/c1-6-7-8-9-10-11-12-13-14-15-16-17-21-34-49(64)62(74-41-71-37-38-76(3,4)5)36-27-25-32-46(58-51(65)47-40-72-53(59-47)44-30-22-23-33-48(44)63)55(68)75-42(2)50(60-56(69)73-39-43-28-19-18-20-29-43)52(66)57-45-31-24-26-35-61(70)54(45)67/h18-20,22-23,28-30,33,42,45-47,50,63,70H,6-17,21,24-27,31-32,34-41H2,1-5H3,(H,57,66)(H,58,65)(H,60,69)/t42-,45-,46-,47-,50-/m0/s1. The molecule has 2 aliphatic rings. The molecule has 5 atom stereocenters. The number of ether oxygens (including phenoxy) is 4. The average Bonchev–Trinajstić information content (AvgIpc) is 3.84. The molecule has 5 amide bonds. The Kier molecular flexibility index (Phi) is 29.0. The number of rotatable bonds is 36. The number of aromatic hydroxyl groups is 1. The lowest BCUT2D eigenvalue weighted by Gasteiger charge is -2.28. The van der Waals surface area contributed by atoms with Crippen molar-refractivity contribution in [2.75, 3.05) is 33.1 Å². The van der Waals surface area contributed by atoms with Crippen molar-refractivity contribution in [3.8, 4) is 5.75 Å². The van der Waals surface area contributed by atoms with Crippen LogP contribution in [0, 0.1) is 0 Å². The van der Waals surface area contributed by atoms with Gasteiger partial charge < -0.3 is 40.0 Å². The molecule has 2 heterocycles. The summed E-state index contributed by atoms with van der Waals surface area (Å²) in [7, 11) is -1.37. The summed E-state index contributed by atoms with van der Waals surface area (Å²) in [6, 6.07) is 11.0. The third-order valence-electron chi connectivity index (χ3n) is 13.4. The van der Waals surface area contributed by atoms with E-state index < -0.39 is 68.1 Å². The van der Waals surface area contributed by atoms with Crippen LogP contribution in [-0.2, 0) is 54.4 Å². The van der Waals surface area contributed by atoms with E-state index >= 15 is 0 Å². The molecule has 1 saturated heterocycles. The lowest BCUT2D eigenvalue weighted by Crippen LogP contribution is -2.58. The Morgan fingerprint density at radius 1 is 0.855 bits per heavy atom. The van der Waals surface area contributed by atoms with E-state index in [-0.39, 0.29) is 69.1 Å². The highest BCUT2D eigenvalue weighted by Gasteiger charge is 2.37. The summed E-state index contributed by atoms with van der Waals surface area (Å²) in [6.07, 6.45) is 15.2. The first-order valence-electron chi connectivity index (χ1n) is 27.8. The molecule has 4 rings (SSSR count). The summed E-state index contributed by atoms with van der Waals surface area (Å²) >= 11 is 0. The molecule has 20 heteroatoms. The van der Waals surface area contributed by atoms with E-state index in [0.29, 0.717) is 49.3 Å². The number of nitrogens with zero attached hydrogens (tertiary/aromatic N) is 3. The summed E-state index contributed by atoms with van der Waals surface area (Å²) in [5, 5.41) is 30.3. The lowest BCUT2D eigenvalue weighted by molar-refractivity contribution is -0.223. The van der Waals surface area contributed by atoms with Gasteiger partial charge in [-0.1, -0.05) is 146 Å². The first-order chi connectivity index (χ1) is 36.6. The van der Waals surface area contributed by atoms with Gasteiger partial charge in [0.25, 0.3) is 5.91 Å². The van der Waals surface area contributed by atoms with Gasteiger partial charge in [-0.3, -0.25) is 24.4 Å². The molecule has 424 valence electrons. The minimum Gasteiger partial charge on any atom is -0.507 e. The van der Waals surface area contributed by atoms with E-state index in [2.05, 4.69) is 47.5 Å². The molecule has 0 radical (unpaired) electrons. The number of carbonyl (C=O) groups is 6. The van der Waals surface area contributed by atoms with Crippen LogP contribution in [-0.4, -0.2) is 133 Å². The molecule has 1 fully saturated rings. The van der Waals surface area contributed by atoms with Gasteiger partial charge >= 0.3 is 12.1 Å². The van der Waals surface area contributed by atoms with Crippen LogP contribution >= 0.6 is 0 Å². The first kappa shape index (κ1) is 63.0. The van der Waals surface area contributed by atoms with Crippen LogP contribution in [0.3, 0.4) is 0 Å². The van der Waals surface area contributed by atoms with E-state index in [9.17, 15) is 39.1 Å². The second-order valence-corrected chi connectivity index (χ2v) is 26.8. The summed E-state index contributed by atoms with van der Waals surface area (Å²) in [4.78, 5) is 92.3. The summed E-state index contributed by atoms with van der Waals surface area (Å²) in [5.41, 5.74) is 0.962. The van der Waals surface area contributed by atoms with Crippen molar-refractivity contribution in [3.05, 3.63) is 65.7 Å². The van der Waals surface area contributed by atoms with Gasteiger partial charge in [0.2, 0.25) is 23.6 Å². The summed E-state index contributed by atoms with van der Waals surface area (Å²) < 4.78 is 22.8. The fourth-order valence-electron chi connectivity index (χ4n) is 8.69. The zero-order valence-corrected chi connectivity index (χ0v) is 46.9. The lowest BCUT2D eigenvalue weighted by atomic mass is 10.0. The first-order valence-corrected chi connectivity index (χ1v) is 31.6. The van der Waals surface area contributed by atoms with Crippen LogP contribution in [0.15, 0.2) is 59.6 Å². The van der Waals surface area contributed by atoms with Gasteiger partial charge in [0, 0.05) is 34.2 Å². The van der Waals surface area contributed by atoms with Gasteiger partial charge in [-0.25, -0.2) is 29.5 Å². The Hall–Kier alpha value is -5.57. The second-order valence-electron chi connectivity index (χ2n) is 21.1. The Morgan fingerprint density at radius 2 is 1.51 bits per heavy atom. The van der Waals surface area contributed by atoms with Crippen molar-refractivity contribution in [1.82, 2.24) is 26.1 Å². The topological polar surface area (TPSA) is 244 Å². The summed E-state index contributed by atoms with van der Waals surface area (Å²) in [6.45, 7) is 10.7. The molecule has 0 spiro atoms. The van der Waals surface area contributed by atoms with E-state index in [0.717, 1.165) is 31.7 Å². The third-order valence-corrected chi connectivity index (χ3v) is 15.1. The molecule has 5 N–H and O–H groups in total. The van der Waals surface area contributed by atoms with Gasteiger partial charge in [0.15, 0.2) is 12.8 Å². The van der Waals surface area contributed by atoms with Crippen LogP contribution in [0.25, 0.3) is 0 Å². The smallest absolute Gasteiger partial charge is 0.408 e. The van der Waals surface area contributed by atoms with E-state index in [1.165, 1.54) is 75.8 Å². The van der Waals surface area contributed by atoms with Crippen LogP contribution in [0.1, 0.15) is 153 Å². The zero-order chi connectivity index (χ0) is 55.1. The van der Waals surface area contributed by atoms with E-state index in [1.54, 1.807) is 48.5 Å². The molecule has 2 aromatic rings. The quantitative estimate of drug-likeness (QED) is 0.0107. The number of alkyl carbamates (subject to hydrolysis) is 1. The number of esters is 1. The normalized spacial score (nSPS) is 16.8. The average molecular weight is 1080 g/mol. The highest BCUT2D eigenvalue weighted by atomic mass is 28.3. The third kappa shape index (κ3) is 24.2. The molecule has 2 aromatic carbocycles. The largest absolute Gasteiger partial charge is 0.507 e. The van der Waals surface area contributed by atoms with Gasteiger partial charge in [-0.05, 0) is 75.6 Å². The minimum atomic E-state index is -1.60. The van der Waals surface area contributed by atoms with Gasteiger partial charge in [-0.2, -0.15) is 0 Å². The van der Waals surface area contributed by atoms with Crippen LogP contribution in [0.2, 0.25) is 25.7 Å². The Balaban J connectivity index is 1.44. The number of amides is 5. The second kappa shape index (κ2) is 35.0. The number of para-hydroxylation sites is 1. The number of aliphatic imine (C=N–C) groups is 1. The van der Waals surface area contributed by atoms with E-state index in [4.69, 9.17) is 23.8 Å². The SMILES string of the molecule is CCCCCCCCCCCCCCCC(=O)N(CCCC[C@H](NC(=O)[C@@H]1COC(c2ccccc2O)=N1)C(=O)O[C@@H](C)[C@H](NC(=O)OCc1ccccc1)C(=O)N[C@H]1CCCCN(O)C1=O)OCOCC[Si](C)(C)C. The number of carbonyl (C=O) groups excluding carboxylic acids is 6. The van der Waals surface area contributed by atoms with Gasteiger partial charge in [-0.15, -0.1) is 0 Å². The molecule has 0 aromatic heterocycles. The number of hydroxylamine groups is 4. The molecule has 19 nitrogen and oxygen atoms in total. The van der Waals surface area contributed by atoms with Crippen LogP contribution in [0.4, 0.5) is 4.79 Å². The molecule has 0 bridgehead atoms. The fourth-order valence-corrected chi connectivity index (χ4v) is 9.45. The maximum Gasteiger partial charge on any atom is 0.408 e. The number of phenols is 1. The van der Waals surface area contributed by atoms with Crippen molar-refractivity contribution in [3.63, 3.8) is 0 Å². The fraction of sp³-hybridized carbons (Fsp3) is 0.661. The minimum absolute atomic E-state index is 0.0147. The van der Waals surface area contributed by atoms with Gasteiger partial charge in [0.1, 0.15) is 43.2 Å². The summed E-state index contributed by atoms with van der Waals surface area (Å²) in [5.74, 6) is -3.45. The Bertz CT molecular complexity index is 2110. The van der Waals surface area contributed by atoms with Crippen molar-refractivity contribution in [2.45, 2.75) is 205 Å². The maximum absolute atomic E-state index is 14.3. The number of phenolic OH excluding ortho intramolecular Hbond substituents is 1. The molecule has 0 unspecified atom stereocenters. The van der Waals surface area contributed by atoms with Gasteiger partial charge in [0.05, 0.1) is 5.56 Å². The molecule has 76 heavy (non-hydrogen) atoms. The van der Waals surface area contributed by atoms with Crippen LogP contribution in [0.5, 0.6) is 5.75 Å². The molecular weight excluding hydrogens is 993 g/mol. The molecule has 2 aliphatic heterocycles. The molecule has 0 saturated carbocycles. The number of nitrogens with one attached hydrogen (secondary N) is 3. The van der Waals surface area contributed by atoms with E-state index in [1.807, 2.05) is 0 Å². The van der Waals surface area contributed by atoms with Crippen molar-refractivity contribution in [1.29, 1.82) is 0 Å². The van der Waals surface area contributed by atoms with Crippen molar-refractivity contribution >= 4 is 49.7 Å². The highest BCUT2D eigenvalue weighted by Crippen LogP contribution is 2.22. The number of unbranched alkanes of at least 4 members (excludes halogenated alkanes) is 13. The number of hydrogen-bond donors (Lipinski definition) is 5.